The van der Waals surface area contributed by atoms with Crippen LogP contribution in [0, 0.1) is 0 Å². The molecule has 23 heavy (non-hydrogen) atoms. The maximum absolute atomic E-state index is 12.1. The van der Waals surface area contributed by atoms with Crippen LogP contribution in [0.2, 0.25) is 0 Å². The molecule has 2 rings (SSSR count). The number of carbonyl (C=O) groups excluding carboxylic acids is 1. The second-order valence-electron chi connectivity index (χ2n) is 5.96. The molecule has 0 unspecified atom stereocenters. The number of hydrogen-bond acceptors (Lipinski definition) is 3. The number of nitrogens with one attached hydrogen (secondary N) is 1. The molecule has 0 spiro atoms. The third kappa shape index (κ3) is 5.34. The number of benzene rings is 1. The average molecular weight is 319 g/mol. The van der Waals surface area contributed by atoms with Gasteiger partial charge in [-0.3, -0.25) is 0 Å². The van der Waals surface area contributed by atoms with Crippen molar-refractivity contribution in [2.24, 2.45) is 0 Å². The van der Waals surface area contributed by atoms with Gasteiger partial charge in [-0.15, -0.1) is 0 Å². The number of piperazine rings is 1. The lowest BCUT2D eigenvalue weighted by molar-refractivity contribution is 0.194. The van der Waals surface area contributed by atoms with E-state index >= 15 is 0 Å². The molecular formula is C18H29N3O2. The molecule has 0 bridgehead atoms. The summed E-state index contributed by atoms with van der Waals surface area (Å²) in [7, 11) is 1.68. The van der Waals surface area contributed by atoms with Crippen LogP contribution in [0.4, 0.5) is 10.5 Å². The Bertz CT molecular complexity index is 468. The van der Waals surface area contributed by atoms with Gasteiger partial charge in [0, 0.05) is 38.4 Å². The molecule has 0 atom stereocenters. The monoisotopic (exact) mass is 319 g/mol. The number of anilines is 1. The molecule has 5 nitrogen and oxygen atoms in total. The fraction of sp³-hybridized carbons (Fsp3) is 0.611. The summed E-state index contributed by atoms with van der Waals surface area (Å²) >= 11 is 0. The van der Waals surface area contributed by atoms with Crippen LogP contribution in [0.3, 0.4) is 0 Å². The molecule has 0 aromatic heterocycles. The van der Waals surface area contributed by atoms with Gasteiger partial charge in [0.05, 0.1) is 7.11 Å². The Morgan fingerprint density at radius 3 is 2.39 bits per heavy atom. The molecular weight excluding hydrogens is 290 g/mol. The quantitative estimate of drug-likeness (QED) is 0.786. The van der Waals surface area contributed by atoms with E-state index in [0.717, 1.165) is 44.9 Å². The Morgan fingerprint density at radius 2 is 1.78 bits per heavy atom. The van der Waals surface area contributed by atoms with E-state index in [-0.39, 0.29) is 6.03 Å². The zero-order chi connectivity index (χ0) is 16.5. The fourth-order valence-electron chi connectivity index (χ4n) is 2.82. The standard InChI is InChI=1S/C18H29N3O2/c1-3-4-5-6-11-19-18(22)21-14-12-20(13-15-21)16-7-9-17(23-2)10-8-16/h7-10H,3-6,11-15H2,1-2H3,(H,19,22). The van der Waals surface area contributed by atoms with Crippen LogP contribution in [0.25, 0.3) is 0 Å². The summed E-state index contributed by atoms with van der Waals surface area (Å²) in [4.78, 5) is 16.4. The van der Waals surface area contributed by atoms with Crippen LogP contribution in [0.5, 0.6) is 5.75 Å². The Kier molecular flexibility index (Phi) is 7.04. The zero-order valence-electron chi connectivity index (χ0n) is 14.4. The van der Waals surface area contributed by atoms with Crippen molar-refractivity contribution >= 4 is 11.7 Å². The highest BCUT2D eigenvalue weighted by atomic mass is 16.5. The van der Waals surface area contributed by atoms with Crippen molar-refractivity contribution in [1.29, 1.82) is 0 Å². The van der Waals surface area contributed by atoms with Gasteiger partial charge in [0.1, 0.15) is 5.75 Å². The van der Waals surface area contributed by atoms with E-state index in [2.05, 4.69) is 29.3 Å². The summed E-state index contributed by atoms with van der Waals surface area (Å²) in [6.07, 6.45) is 4.74. The van der Waals surface area contributed by atoms with E-state index in [1.807, 2.05) is 17.0 Å². The molecule has 0 saturated carbocycles. The summed E-state index contributed by atoms with van der Waals surface area (Å²) in [5, 5.41) is 3.03. The van der Waals surface area contributed by atoms with E-state index in [1.54, 1.807) is 7.11 Å². The maximum atomic E-state index is 12.1. The SMILES string of the molecule is CCCCCCNC(=O)N1CCN(c2ccc(OC)cc2)CC1. The number of nitrogens with zero attached hydrogens (tertiary/aromatic N) is 2. The van der Waals surface area contributed by atoms with Crippen molar-refractivity contribution in [3.63, 3.8) is 0 Å². The van der Waals surface area contributed by atoms with Crippen molar-refractivity contribution in [3.8, 4) is 5.75 Å². The first-order valence-electron chi connectivity index (χ1n) is 8.66. The van der Waals surface area contributed by atoms with Crippen molar-refractivity contribution < 1.29 is 9.53 Å². The van der Waals surface area contributed by atoms with Crippen LogP contribution in [-0.2, 0) is 0 Å². The number of ether oxygens (including phenoxy) is 1. The molecule has 2 amide bonds. The number of rotatable bonds is 7. The number of carbonyl (C=O) groups is 1. The maximum Gasteiger partial charge on any atom is 0.317 e. The minimum Gasteiger partial charge on any atom is -0.497 e. The molecule has 1 aliphatic heterocycles. The summed E-state index contributed by atoms with van der Waals surface area (Å²) in [6, 6.07) is 8.18. The Balaban J connectivity index is 1.71. The van der Waals surface area contributed by atoms with Crippen molar-refractivity contribution in [2.75, 3.05) is 44.7 Å². The summed E-state index contributed by atoms with van der Waals surface area (Å²) in [5.74, 6) is 0.870. The molecule has 1 saturated heterocycles. The van der Waals surface area contributed by atoms with Crippen LogP contribution in [0.15, 0.2) is 24.3 Å². The summed E-state index contributed by atoms with van der Waals surface area (Å²) < 4.78 is 5.19. The second-order valence-corrected chi connectivity index (χ2v) is 5.96. The Morgan fingerprint density at radius 1 is 1.09 bits per heavy atom. The Labute approximate surface area is 139 Å². The van der Waals surface area contributed by atoms with Gasteiger partial charge in [0.2, 0.25) is 0 Å². The third-order valence-electron chi connectivity index (χ3n) is 4.31. The van der Waals surface area contributed by atoms with Gasteiger partial charge in [-0.2, -0.15) is 0 Å². The zero-order valence-corrected chi connectivity index (χ0v) is 14.4. The second kappa shape index (κ2) is 9.28. The average Bonchev–Trinajstić information content (AvgIpc) is 2.61. The van der Waals surface area contributed by atoms with Crippen LogP contribution in [0.1, 0.15) is 32.6 Å². The number of amides is 2. The highest BCUT2D eigenvalue weighted by molar-refractivity contribution is 5.74. The minimum absolute atomic E-state index is 0.0795. The van der Waals surface area contributed by atoms with Gasteiger partial charge in [-0.1, -0.05) is 26.2 Å². The van der Waals surface area contributed by atoms with Crippen LogP contribution in [-0.4, -0.2) is 50.8 Å². The normalized spacial score (nSPS) is 14.7. The predicted molar refractivity (Wildman–Crippen MR) is 94.3 cm³/mol. The smallest absolute Gasteiger partial charge is 0.317 e. The van der Waals surface area contributed by atoms with E-state index < -0.39 is 0 Å². The van der Waals surface area contributed by atoms with Gasteiger partial charge in [-0.05, 0) is 30.7 Å². The van der Waals surface area contributed by atoms with E-state index in [0.29, 0.717) is 0 Å². The van der Waals surface area contributed by atoms with Crippen molar-refractivity contribution in [2.45, 2.75) is 32.6 Å². The molecule has 1 N–H and O–H groups in total. The molecule has 1 fully saturated rings. The molecule has 0 radical (unpaired) electrons. The molecule has 0 aliphatic carbocycles. The highest BCUT2D eigenvalue weighted by Gasteiger charge is 2.20. The van der Waals surface area contributed by atoms with Gasteiger partial charge >= 0.3 is 6.03 Å². The number of methoxy groups -OCH3 is 1. The van der Waals surface area contributed by atoms with Gasteiger partial charge in [-0.25, -0.2) is 4.79 Å². The first-order valence-corrected chi connectivity index (χ1v) is 8.66. The lowest BCUT2D eigenvalue weighted by atomic mass is 10.2. The summed E-state index contributed by atoms with van der Waals surface area (Å²) in [6.45, 7) is 6.27. The van der Waals surface area contributed by atoms with Gasteiger partial charge < -0.3 is 19.9 Å². The highest BCUT2D eigenvalue weighted by Crippen LogP contribution is 2.20. The van der Waals surface area contributed by atoms with E-state index in [9.17, 15) is 4.79 Å². The lowest BCUT2D eigenvalue weighted by Crippen LogP contribution is -2.52. The minimum atomic E-state index is 0.0795. The third-order valence-corrected chi connectivity index (χ3v) is 4.31. The first-order chi connectivity index (χ1) is 11.2. The molecule has 128 valence electrons. The van der Waals surface area contributed by atoms with Crippen molar-refractivity contribution in [3.05, 3.63) is 24.3 Å². The topological polar surface area (TPSA) is 44.8 Å². The van der Waals surface area contributed by atoms with Crippen LogP contribution < -0.4 is 15.0 Å². The predicted octanol–water partition coefficient (Wildman–Crippen LogP) is 3.11. The number of hydrogen-bond donors (Lipinski definition) is 1. The molecule has 5 heteroatoms. The van der Waals surface area contributed by atoms with Crippen LogP contribution >= 0.6 is 0 Å². The molecule has 1 aliphatic rings. The van der Waals surface area contributed by atoms with E-state index in [1.165, 1.54) is 24.9 Å². The molecule has 1 aromatic rings. The van der Waals surface area contributed by atoms with Gasteiger partial charge in [0.25, 0.3) is 0 Å². The van der Waals surface area contributed by atoms with Crippen molar-refractivity contribution in [1.82, 2.24) is 10.2 Å². The number of urea groups is 1. The van der Waals surface area contributed by atoms with E-state index in [4.69, 9.17) is 4.74 Å². The Hall–Kier alpha value is -1.91. The summed E-state index contributed by atoms with van der Waals surface area (Å²) in [5.41, 5.74) is 1.19. The molecule has 1 heterocycles. The van der Waals surface area contributed by atoms with Gasteiger partial charge in [0.15, 0.2) is 0 Å². The fourth-order valence-corrected chi connectivity index (χ4v) is 2.82. The molecule has 1 aromatic carbocycles. The first kappa shape index (κ1) is 17.4. The number of unbranched alkanes of at least 4 members (excludes halogenated alkanes) is 3. The largest absolute Gasteiger partial charge is 0.497 e. The lowest BCUT2D eigenvalue weighted by Gasteiger charge is -2.36.